The Kier molecular flexibility index (Phi) is 6.71. The minimum absolute atomic E-state index is 0.0842. The summed E-state index contributed by atoms with van der Waals surface area (Å²) >= 11 is 0. The van der Waals surface area contributed by atoms with Crippen LogP contribution < -0.4 is 9.64 Å². The third kappa shape index (κ3) is 4.46. The Morgan fingerprint density at radius 1 is 1.17 bits per heavy atom. The maximum atomic E-state index is 13.0. The number of piperidine rings is 1. The number of fused-ring (bicyclic) bond motifs is 1. The van der Waals surface area contributed by atoms with Gasteiger partial charge in [0.05, 0.1) is 10.6 Å². The lowest BCUT2D eigenvalue weighted by Crippen LogP contribution is -2.50. The highest BCUT2D eigenvalue weighted by Crippen LogP contribution is 2.35. The zero-order valence-electron chi connectivity index (χ0n) is 18.1. The number of sulfonamides is 1. The normalized spacial score (nSPS) is 22.1. The second kappa shape index (κ2) is 8.93. The molecular formula is C21H31N3O5S. The van der Waals surface area contributed by atoms with Crippen LogP contribution in [0.3, 0.4) is 0 Å². The first-order chi connectivity index (χ1) is 14.2. The van der Waals surface area contributed by atoms with Gasteiger partial charge >= 0.3 is 0 Å². The van der Waals surface area contributed by atoms with Crippen LogP contribution in [0.1, 0.15) is 34.1 Å². The van der Waals surface area contributed by atoms with E-state index >= 15 is 0 Å². The van der Waals surface area contributed by atoms with E-state index in [0.29, 0.717) is 49.5 Å². The molecular weight excluding hydrogens is 406 g/mol. The molecule has 2 aliphatic rings. The van der Waals surface area contributed by atoms with E-state index in [4.69, 9.17) is 4.74 Å². The van der Waals surface area contributed by atoms with Crippen LogP contribution in [0, 0.1) is 11.8 Å². The standard InChI is InChI=1S/C21H31N3O5S/c1-5-23(6-2)30(27,28)17-7-8-19-18(10-17)24(21(26)14-29-19)13-20(25)22-11-15(3)9-16(4)12-22/h7-8,10,15-16H,5-6,9,11-14H2,1-4H3/t15-,16+. The van der Waals surface area contributed by atoms with E-state index in [1.165, 1.54) is 21.3 Å². The van der Waals surface area contributed by atoms with Gasteiger partial charge in [-0.2, -0.15) is 4.31 Å². The predicted molar refractivity (Wildman–Crippen MR) is 114 cm³/mol. The molecule has 0 unspecified atom stereocenters. The molecule has 2 heterocycles. The van der Waals surface area contributed by atoms with Crippen molar-refractivity contribution in [1.29, 1.82) is 0 Å². The number of carbonyl (C=O) groups excluding carboxylic acids is 2. The van der Waals surface area contributed by atoms with Gasteiger partial charge in [0.15, 0.2) is 6.61 Å². The van der Waals surface area contributed by atoms with Gasteiger partial charge in [-0.25, -0.2) is 8.42 Å². The summed E-state index contributed by atoms with van der Waals surface area (Å²) in [6.45, 7) is 9.53. The summed E-state index contributed by atoms with van der Waals surface area (Å²) in [5.41, 5.74) is 0.325. The van der Waals surface area contributed by atoms with Crippen molar-refractivity contribution in [3.63, 3.8) is 0 Å². The lowest BCUT2D eigenvalue weighted by atomic mass is 9.92. The topological polar surface area (TPSA) is 87.2 Å². The Bertz CT molecular complexity index is 903. The minimum Gasteiger partial charge on any atom is -0.482 e. The van der Waals surface area contributed by atoms with Crippen molar-refractivity contribution in [2.24, 2.45) is 11.8 Å². The molecule has 8 nitrogen and oxygen atoms in total. The highest BCUT2D eigenvalue weighted by atomic mass is 32.2. The second-order valence-electron chi connectivity index (χ2n) is 8.23. The summed E-state index contributed by atoms with van der Waals surface area (Å²) in [7, 11) is -3.69. The zero-order valence-corrected chi connectivity index (χ0v) is 18.9. The number of likely N-dealkylation sites (tertiary alicyclic amines) is 1. The first kappa shape index (κ1) is 22.6. The van der Waals surface area contributed by atoms with Crippen molar-refractivity contribution in [3.8, 4) is 5.75 Å². The van der Waals surface area contributed by atoms with E-state index in [0.717, 1.165) is 6.42 Å². The molecule has 30 heavy (non-hydrogen) atoms. The summed E-state index contributed by atoms with van der Waals surface area (Å²) in [5, 5.41) is 0. The maximum Gasteiger partial charge on any atom is 0.265 e. The zero-order chi connectivity index (χ0) is 22.1. The van der Waals surface area contributed by atoms with Crippen molar-refractivity contribution in [3.05, 3.63) is 18.2 Å². The average Bonchev–Trinajstić information content (AvgIpc) is 2.69. The van der Waals surface area contributed by atoms with Gasteiger partial charge in [-0.1, -0.05) is 27.7 Å². The van der Waals surface area contributed by atoms with Crippen LogP contribution in [-0.2, 0) is 19.6 Å². The predicted octanol–water partition coefficient (Wildman–Crippen LogP) is 1.95. The third-order valence-electron chi connectivity index (χ3n) is 5.73. The minimum atomic E-state index is -3.69. The molecule has 2 amide bonds. The van der Waals surface area contributed by atoms with E-state index in [2.05, 4.69) is 13.8 Å². The molecule has 1 aromatic rings. The molecule has 0 N–H and O–H groups in total. The number of ether oxygens (including phenoxy) is 1. The summed E-state index contributed by atoms with van der Waals surface area (Å²) < 4.78 is 32.7. The smallest absolute Gasteiger partial charge is 0.265 e. The van der Waals surface area contributed by atoms with Crippen LogP contribution in [0.5, 0.6) is 5.75 Å². The van der Waals surface area contributed by atoms with Crippen molar-refractivity contribution < 1.29 is 22.7 Å². The third-order valence-corrected chi connectivity index (χ3v) is 7.78. The highest BCUT2D eigenvalue weighted by Gasteiger charge is 2.33. The van der Waals surface area contributed by atoms with Gasteiger partial charge in [0.25, 0.3) is 5.91 Å². The van der Waals surface area contributed by atoms with Crippen LogP contribution in [0.15, 0.2) is 23.1 Å². The largest absolute Gasteiger partial charge is 0.482 e. The summed E-state index contributed by atoms with van der Waals surface area (Å²) in [5.74, 6) is 0.742. The molecule has 2 aliphatic heterocycles. The fraction of sp³-hybridized carbons (Fsp3) is 0.619. The summed E-state index contributed by atoms with van der Waals surface area (Å²) in [4.78, 5) is 28.8. The van der Waals surface area contributed by atoms with E-state index in [1.807, 2.05) is 0 Å². The Balaban J connectivity index is 1.89. The van der Waals surface area contributed by atoms with Gasteiger partial charge in [0, 0.05) is 26.2 Å². The molecule has 1 aromatic carbocycles. The summed E-state index contributed by atoms with van der Waals surface area (Å²) in [6.07, 6.45) is 1.08. The maximum absolute atomic E-state index is 13.0. The van der Waals surface area contributed by atoms with Crippen LogP contribution in [0.4, 0.5) is 5.69 Å². The Hall–Kier alpha value is -2.13. The van der Waals surface area contributed by atoms with E-state index in [-0.39, 0.29) is 29.9 Å². The number of hydrogen-bond acceptors (Lipinski definition) is 5. The van der Waals surface area contributed by atoms with Crippen molar-refractivity contribution >= 4 is 27.5 Å². The van der Waals surface area contributed by atoms with Crippen molar-refractivity contribution in [2.75, 3.05) is 44.2 Å². The SMILES string of the molecule is CCN(CC)S(=O)(=O)c1ccc2c(c1)N(CC(=O)N1C[C@H](C)C[C@H](C)C1)C(=O)CO2. The molecule has 0 bridgehead atoms. The molecule has 3 rings (SSSR count). The Morgan fingerprint density at radius 3 is 2.40 bits per heavy atom. The number of anilines is 1. The molecule has 0 aliphatic carbocycles. The average molecular weight is 438 g/mol. The Morgan fingerprint density at radius 2 is 1.80 bits per heavy atom. The van der Waals surface area contributed by atoms with E-state index in [9.17, 15) is 18.0 Å². The number of hydrogen-bond donors (Lipinski definition) is 0. The summed E-state index contributed by atoms with van der Waals surface area (Å²) in [6, 6.07) is 4.48. The van der Waals surface area contributed by atoms with Gasteiger partial charge in [0.1, 0.15) is 12.3 Å². The molecule has 1 saturated heterocycles. The number of carbonyl (C=O) groups is 2. The molecule has 0 saturated carbocycles. The second-order valence-corrected chi connectivity index (χ2v) is 10.2. The molecule has 0 aromatic heterocycles. The quantitative estimate of drug-likeness (QED) is 0.679. The molecule has 0 radical (unpaired) electrons. The molecule has 0 spiro atoms. The molecule has 1 fully saturated rings. The molecule has 9 heteroatoms. The van der Waals surface area contributed by atoms with Gasteiger partial charge in [0.2, 0.25) is 15.9 Å². The Labute approximate surface area is 178 Å². The monoisotopic (exact) mass is 437 g/mol. The van der Waals surface area contributed by atoms with Gasteiger partial charge < -0.3 is 9.64 Å². The fourth-order valence-electron chi connectivity index (χ4n) is 4.33. The lowest BCUT2D eigenvalue weighted by Gasteiger charge is -2.37. The van der Waals surface area contributed by atoms with Crippen LogP contribution >= 0.6 is 0 Å². The van der Waals surface area contributed by atoms with Gasteiger partial charge in [-0.3, -0.25) is 14.5 Å². The number of nitrogens with zero attached hydrogens (tertiary/aromatic N) is 3. The highest BCUT2D eigenvalue weighted by molar-refractivity contribution is 7.89. The van der Waals surface area contributed by atoms with E-state index < -0.39 is 10.0 Å². The first-order valence-corrected chi connectivity index (χ1v) is 12.0. The van der Waals surface area contributed by atoms with E-state index in [1.54, 1.807) is 24.8 Å². The number of rotatable bonds is 6. The van der Waals surface area contributed by atoms with Crippen LogP contribution in [0.25, 0.3) is 0 Å². The van der Waals surface area contributed by atoms with Crippen molar-refractivity contribution in [1.82, 2.24) is 9.21 Å². The van der Waals surface area contributed by atoms with Gasteiger partial charge in [-0.05, 0) is 36.5 Å². The number of amides is 2. The van der Waals surface area contributed by atoms with Gasteiger partial charge in [-0.15, -0.1) is 0 Å². The van der Waals surface area contributed by atoms with Crippen LogP contribution in [0.2, 0.25) is 0 Å². The molecule has 166 valence electrons. The first-order valence-electron chi connectivity index (χ1n) is 10.5. The molecule has 2 atom stereocenters. The fourth-order valence-corrected chi connectivity index (χ4v) is 5.81. The lowest BCUT2D eigenvalue weighted by molar-refractivity contribution is -0.134. The van der Waals surface area contributed by atoms with Crippen LogP contribution in [-0.4, -0.2) is 68.8 Å². The number of benzene rings is 1. The van der Waals surface area contributed by atoms with Crippen molar-refractivity contribution in [2.45, 2.75) is 39.0 Å².